The Morgan fingerprint density at radius 3 is 1.81 bits per heavy atom. The first kappa shape index (κ1) is 31.2. The number of nitrogen functional groups attached to an aromatic ring is 1. The van der Waals surface area contributed by atoms with E-state index in [9.17, 15) is 19.2 Å². The van der Waals surface area contributed by atoms with Gasteiger partial charge in [0.1, 0.15) is 12.7 Å². The highest BCUT2D eigenvalue weighted by atomic mass is 16.7. The molecule has 1 aliphatic heterocycles. The third kappa shape index (κ3) is 6.60. The van der Waals surface area contributed by atoms with E-state index in [4.69, 9.17) is 24.7 Å². The highest BCUT2D eigenvalue weighted by molar-refractivity contribution is 5.91. The number of nitrogens with two attached hydrogens (primary N) is 1. The Balaban J connectivity index is 1.39. The second-order valence-corrected chi connectivity index (χ2v) is 11.3. The van der Waals surface area contributed by atoms with Gasteiger partial charge in [-0.3, -0.25) is 14.3 Å². The number of ether oxygens (including phenoxy) is 4. The number of esters is 3. The van der Waals surface area contributed by atoms with Gasteiger partial charge in [-0.05, 0) is 57.2 Å². The van der Waals surface area contributed by atoms with Crippen molar-refractivity contribution in [2.24, 2.45) is 0 Å². The molecule has 0 bridgehead atoms. The zero-order chi connectivity index (χ0) is 33.2. The van der Waals surface area contributed by atoms with E-state index in [0.29, 0.717) is 5.56 Å². The predicted octanol–water partition coefficient (Wildman–Crippen LogP) is 3.83. The van der Waals surface area contributed by atoms with E-state index >= 15 is 0 Å². The molecule has 47 heavy (non-hydrogen) atoms. The van der Waals surface area contributed by atoms with Crippen molar-refractivity contribution in [2.45, 2.75) is 45.3 Å². The number of aryl methyl sites for hydroxylation is 3. The first-order valence-electron chi connectivity index (χ1n) is 14.7. The highest BCUT2D eigenvalue weighted by Gasteiger charge is 2.52. The fourth-order valence-electron chi connectivity index (χ4n) is 5.16. The molecule has 3 N–H and O–H groups in total. The number of nitrogens with zero attached hydrogens (tertiary/aromatic N) is 3. The molecular formula is C34H31N5O8. The minimum Gasteiger partial charge on any atom is -0.459 e. The van der Waals surface area contributed by atoms with E-state index in [-0.39, 0.29) is 34.8 Å². The summed E-state index contributed by atoms with van der Waals surface area (Å²) in [5.74, 6) is -2.27. The van der Waals surface area contributed by atoms with Crippen molar-refractivity contribution in [3.63, 3.8) is 0 Å². The monoisotopic (exact) mass is 637 g/mol. The van der Waals surface area contributed by atoms with E-state index in [0.717, 1.165) is 16.7 Å². The van der Waals surface area contributed by atoms with Gasteiger partial charge < -0.3 is 24.7 Å². The van der Waals surface area contributed by atoms with Crippen molar-refractivity contribution >= 4 is 35.0 Å². The summed E-state index contributed by atoms with van der Waals surface area (Å²) in [5.41, 5.74) is 8.85. The predicted molar refractivity (Wildman–Crippen MR) is 169 cm³/mol. The lowest BCUT2D eigenvalue weighted by Gasteiger charge is -2.25. The third-order valence-electron chi connectivity index (χ3n) is 7.74. The molecule has 0 saturated carbocycles. The van der Waals surface area contributed by atoms with Crippen molar-refractivity contribution < 1.29 is 33.3 Å². The van der Waals surface area contributed by atoms with Crippen LogP contribution in [0.2, 0.25) is 0 Å². The maximum atomic E-state index is 13.5. The molecule has 4 atom stereocenters. The van der Waals surface area contributed by atoms with Gasteiger partial charge in [0.15, 0.2) is 29.6 Å². The fraction of sp³-hybridized carbons (Fsp3) is 0.235. The topological polar surface area (TPSA) is 178 Å². The SMILES string of the molecule is Cc1ccc(C(=O)OC[C@H]2O[C@@H](n3cnc4c(=O)[nH]c(N)nc43)[C@H](OC(=O)c3ccc(C)cc3)[C@@H]2OC(=O)c2ccc(C)cc2)cc1. The molecule has 1 aliphatic rings. The first-order valence-corrected chi connectivity index (χ1v) is 14.7. The number of imidazole rings is 1. The summed E-state index contributed by atoms with van der Waals surface area (Å²) >= 11 is 0. The van der Waals surface area contributed by atoms with Gasteiger partial charge in [0.05, 0.1) is 23.0 Å². The largest absolute Gasteiger partial charge is 0.459 e. The number of H-pyrrole nitrogens is 1. The molecule has 3 heterocycles. The lowest BCUT2D eigenvalue weighted by molar-refractivity contribution is -0.0606. The molecule has 3 aromatic carbocycles. The molecule has 1 fully saturated rings. The average molecular weight is 638 g/mol. The van der Waals surface area contributed by atoms with Crippen LogP contribution in [-0.4, -0.2) is 62.3 Å². The minimum absolute atomic E-state index is 0.0357. The number of rotatable bonds is 8. The summed E-state index contributed by atoms with van der Waals surface area (Å²) < 4.78 is 25.3. The molecular weight excluding hydrogens is 606 g/mol. The number of carbonyl (C=O) groups excluding carboxylic acids is 3. The molecule has 0 radical (unpaired) electrons. The van der Waals surface area contributed by atoms with Crippen molar-refractivity contribution in [1.82, 2.24) is 19.5 Å². The van der Waals surface area contributed by atoms with Gasteiger partial charge >= 0.3 is 17.9 Å². The Morgan fingerprint density at radius 2 is 1.28 bits per heavy atom. The molecule has 1 saturated heterocycles. The van der Waals surface area contributed by atoms with Gasteiger partial charge in [0, 0.05) is 0 Å². The number of aromatic nitrogens is 4. The van der Waals surface area contributed by atoms with Crippen LogP contribution in [-0.2, 0) is 18.9 Å². The maximum Gasteiger partial charge on any atom is 0.338 e. The second-order valence-electron chi connectivity index (χ2n) is 11.3. The number of benzene rings is 3. The van der Waals surface area contributed by atoms with Crippen molar-refractivity contribution in [2.75, 3.05) is 12.3 Å². The van der Waals surface area contributed by atoms with Crippen molar-refractivity contribution in [3.05, 3.63) is 123 Å². The summed E-state index contributed by atoms with van der Waals surface area (Å²) in [6.07, 6.45) is -3.69. The van der Waals surface area contributed by atoms with Gasteiger partial charge in [0.25, 0.3) is 5.56 Å². The molecule has 0 unspecified atom stereocenters. The number of hydrogen-bond acceptors (Lipinski definition) is 11. The molecule has 0 aliphatic carbocycles. The van der Waals surface area contributed by atoms with Crippen LogP contribution in [0.25, 0.3) is 11.2 Å². The van der Waals surface area contributed by atoms with Crippen LogP contribution >= 0.6 is 0 Å². The van der Waals surface area contributed by atoms with Crippen LogP contribution in [0.4, 0.5) is 5.95 Å². The fourth-order valence-corrected chi connectivity index (χ4v) is 5.16. The number of anilines is 1. The quantitative estimate of drug-likeness (QED) is 0.187. The molecule has 6 rings (SSSR count). The van der Waals surface area contributed by atoms with E-state index in [1.807, 2.05) is 20.8 Å². The minimum atomic E-state index is -1.32. The lowest BCUT2D eigenvalue weighted by Crippen LogP contribution is -2.41. The number of carbonyl (C=O) groups is 3. The Bertz CT molecular complexity index is 2000. The van der Waals surface area contributed by atoms with E-state index in [1.54, 1.807) is 72.8 Å². The standard InChI is InChI=1S/C34H31N5O8/c1-18-4-10-21(11-5-18)31(41)44-16-24-26(46-32(42)22-12-6-19(2)7-13-22)27(47-33(43)23-14-8-20(3)9-15-23)30(45-24)39-17-36-25-28(39)37-34(35)38-29(25)40/h4-15,17,24,26-27,30H,16H2,1-3H3,(H3,35,37,38,40)/t24-,26-,27-,30-/m1/s1. The third-order valence-corrected chi connectivity index (χ3v) is 7.74. The highest BCUT2D eigenvalue weighted by Crippen LogP contribution is 2.36. The zero-order valence-electron chi connectivity index (χ0n) is 25.7. The van der Waals surface area contributed by atoms with Crippen LogP contribution in [0.1, 0.15) is 54.0 Å². The molecule has 13 nitrogen and oxygen atoms in total. The van der Waals surface area contributed by atoms with E-state index < -0.39 is 48.0 Å². The Morgan fingerprint density at radius 1 is 0.787 bits per heavy atom. The number of hydrogen-bond donors (Lipinski definition) is 2. The molecule has 0 spiro atoms. The van der Waals surface area contributed by atoms with Crippen LogP contribution in [0.5, 0.6) is 0 Å². The van der Waals surface area contributed by atoms with Crippen LogP contribution in [0.3, 0.4) is 0 Å². The van der Waals surface area contributed by atoms with Gasteiger partial charge in [-0.2, -0.15) is 4.98 Å². The molecule has 240 valence electrons. The number of aromatic amines is 1. The second kappa shape index (κ2) is 12.9. The van der Waals surface area contributed by atoms with Gasteiger partial charge in [-0.25, -0.2) is 19.4 Å². The van der Waals surface area contributed by atoms with Gasteiger partial charge in [0.2, 0.25) is 5.95 Å². The molecule has 5 aromatic rings. The first-order chi connectivity index (χ1) is 22.6. The smallest absolute Gasteiger partial charge is 0.338 e. The summed E-state index contributed by atoms with van der Waals surface area (Å²) in [6.45, 7) is 5.27. The molecule has 0 amide bonds. The number of fused-ring (bicyclic) bond motifs is 1. The van der Waals surface area contributed by atoms with Crippen LogP contribution in [0, 0.1) is 20.8 Å². The van der Waals surface area contributed by atoms with E-state index in [2.05, 4.69) is 15.0 Å². The summed E-state index contributed by atoms with van der Waals surface area (Å²) in [7, 11) is 0. The maximum absolute atomic E-state index is 13.5. The zero-order valence-corrected chi connectivity index (χ0v) is 25.7. The summed E-state index contributed by atoms with van der Waals surface area (Å²) in [6, 6.07) is 20.2. The Hall–Kier alpha value is -5.82. The molecule has 13 heteroatoms. The van der Waals surface area contributed by atoms with Gasteiger partial charge in [-0.1, -0.05) is 53.1 Å². The van der Waals surface area contributed by atoms with Crippen molar-refractivity contribution in [3.8, 4) is 0 Å². The van der Waals surface area contributed by atoms with Crippen LogP contribution in [0.15, 0.2) is 83.9 Å². The lowest BCUT2D eigenvalue weighted by atomic mass is 10.1. The van der Waals surface area contributed by atoms with E-state index in [1.165, 1.54) is 10.9 Å². The normalized spacial score (nSPS) is 19.0. The average Bonchev–Trinajstić information content (AvgIpc) is 3.61. The Kier molecular flexibility index (Phi) is 8.55. The summed E-state index contributed by atoms with van der Waals surface area (Å²) in [5, 5.41) is 0. The van der Waals surface area contributed by atoms with Gasteiger partial charge in [-0.15, -0.1) is 0 Å². The Labute approximate surface area is 268 Å². The summed E-state index contributed by atoms with van der Waals surface area (Å²) in [4.78, 5) is 63.3. The molecule has 2 aromatic heterocycles. The van der Waals surface area contributed by atoms with Crippen LogP contribution < -0.4 is 11.3 Å². The van der Waals surface area contributed by atoms with Crippen molar-refractivity contribution in [1.29, 1.82) is 0 Å². The number of nitrogens with one attached hydrogen (secondary N) is 1.